The summed E-state index contributed by atoms with van der Waals surface area (Å²) >= 11 is 1.15. The zero-order valence-electron chi connectivity index (χ0n) is 26.0. The Morgan fingerprint density at radius 2 is 1.64 bits per heavy atom. The molecule has 0 spiro atoms. The van der Waals surface area contributed by atoms with E-state index in [4.69, 9.17) is 4.74 Å². The monoisotopic (exact) mass is 628 g/mol. The van der Waals surface area contributed by atoms with Gasteiger partial charge in [-0.15, -0.1) is 16.4 Å². The average molecular weight is 629 g/mol. The van der Waals surface area contributed by atoms with Gasteiger partial charge in [-0.2, -0.15) is 4.68 Å². The number of carbonyl (C=O) groups is 3. The minimum Gasteiger partial charge on any atom is -0.445 e. The van der Waals surface area contributed by atoms with Crippen LogP contribution in [0.15, 0.2) is 60.7 Å². The van der Waals surface area contributed by atoms with Crippen molar-refractivity contribution in [2.45, 2.75) is 57.7 Å². The minimum absolute atomic E-state index is 0.159. The van der Waals surface area contributed by atoms with Gasteiger partial charge in [-0.05, 0) is 75.9 Å². The number of nitrogens with zero attached hydrogens (tertiary/aromatic N) is 4. The number of anilines is 1. The molecule has 45 heavy (non-hydrogen) atoms. The molecule has 2 aromatic heterocycles. The number of thiophene rings is 1. The largest absolute Gasteiger partial charge is 0.445 e. The maximum Gasteiger partial charge on any atom is 0.436 e. The van der Waals surface area contributed by atoms with Gasteiger partial charge in [0.15, 0.2) is 5.82 Å². The summed E-state index contributed by atoms with van der Waals surface area (Å²) in [6.07, 6.45) is 2.90. The highest BCUT2D eigenvalue weighted by molar-refractivity contribution is 7.20. The van der Waals surface area contributed by atoms with E-state index >= 15 is 0 Å². The number of benzene rings is 2. The molecule has 2 amide bonds. The molecule has 6 rings (SSSR count). The van der Waals surface area contributed by atoms with E-state index in [-0.39, 0.29) is 23.7 Å². The van der Waals surface area contributed by atoms with Crippen molar-refractivity contribution in [3.05, 3.63) is 82.2 Å². The van der Waals surface area contributed by atoms with E-state index in [9.17, 15) is 14.4 Å². The summed E-state index contributed by atoms with van der Waals surface area (Å²) in [6.45, 7) is 8.85. The standard InChI is InChI=1S/C34H40N6O4S/c1-34(2,25-9-5-4-6-10-25)36-31(42)28-21-27-29(37-40(32(27)45-28)33(43)44-26-11-7-8-12-26)35-30(41)24-15-13-23(14-16-24)22-39-19-17-38(3)18-20-39/h4-6,9-10,13-16,21,26H,7-8,11-12,17-20,22H2,1-3H3,(H,36,42)(H,35,37,41). The number of fused-ring (bicyclic) bond motifs is 1. The molecule has 0 bridgehead atoms. The molecule has 2 aliphatic rings. The molecular weight excluding hydrogens is 588 g/mol. The number of hydrogen-bond donors (Lipinski definition) is 2. The lowest BCUT2D eigenvalue weighted by Crippen LogP contribution is -2.43. The molecule has 0 radical (unpaired) electrons. The van der Waals surface area contributed by atoms with Crippen molar-refractivity contribution in [1.82, 2.24) is 24.9 Å². The van der Waals surface area contributed by atoms with Gasteiger partial charge in [0.1, 0.15) is 10.9 Å². The predicted octanol–water partition coefficient (Wildman–Crippen LogP) is 5.69. The number of piperazine rings is 1. The zero-order chi connectivity index (χ0) is 31.6. The van der Waals surface area contributed by atoms with Crippen LogP contribution in [0.2, 0.25) is 0 Å². The Balaban J connectivity index is 1.22. The van der Waals surface area contributed by atoms with Crippen LogP contribution in [0.25, 0.3) is 10.2 Å². The lowest BCUT2D eigenvalue weighted by atomic mass is 9.94. The summed E-state index contributed by atoms with van der Waals surface area (Å²) in [6, 6.07) is 19.0. The van der Waals surface area contributed by atoms with Crippen LogP contribution in [0.3, 0.4) is 0 Å². The SMILES string of the molecule is CN1CCN(Cc2ccc(C(=O)Nc3nn(C(=O)OC4CCCC4)c4sc(C(=O)NC(C)(C)c5ccccc5)cc34)cc2)CC1. The molecule has 3 heterocycles. The van der Waals surface area contributed by atoms with Crippen LogP contribution < -0.4 is 10.6 Å². The third-order valence-electron chi connectivity index (χ3n) is 8.70. The molecule has 10 nitrogen and oxygen atoms in total. The molecule has 1 aliphatic carbocycles. The number of nitrogens with one attached hydrogen (secondary N) is 2. The third kappa shape index (κ3) is 7.11. The van der Waals surface area contributed by atoms with Gasteiger partial charge in [-0.1, -0.05) is 42.5 Å². The van der Waals surface area contributed by atoms with Gasteiger partial charge >= 0.3 is 6.09 Å². The van der Waals surface area contributed by atoms with Gasteiger partial charge in [0.05, 0.1) is 15.8 Å². The lowest BCUT2D eigenvalue weighted by Gasteiger charge is -2.32. The Hall–Kier alpha value is -4.06. The molecule has 4 aromatic rings. The first-order valence-corrected chi connectivity index (χ1v) is 16.4. The second-order valence-corrected chi connectivity index (χ2v) is 13.6. The lowest BCUT2D eigenvalue weighted by molar-refractivity contribution is 0.0915. The summed E-state index contributed by atoms with van der Waals surface area (Å²) in [7, 11) is 2.14. The summed E-state index contributed by atoms with van der Waals surface area (Å²) in [5, 5.41) is 10.9. The highest BCUT2D eigenvalue weighted by atomic mass is 32.1. The van der Waals surface area contributed by atoms with Crippen molar-refractivity contribution in [2.24, 2.45) is 0 Å². The number of likely N-dealkylation sites (N-methyl/N-ethyl adjacent to an activating group) is 1. The Labute approximate surface area is 267 Å². The number of rotatable bonds is 8. The zero-order valence-corrected chi connectivity index (χ0v) is 26.9. The fourth-order valence-electron chi connectivity index (χ4n) is 5.91. The van der Waals surface area contributed by atoms with Crippen LogP contribution >= 0.6 is 11.3 Å². The van der Waals surface area contributed by atoms with Gasteiger partial charge in [0.25, 0.3) is 11.8 Å². The summed E-state index contributed by atoms with van der Waals surface area (Å²) in [5.41, 5.74) is 1.96. The van der Waals surface area contributed by atoms with E-state index in [0.29, 0.717) is 20.7 Å². The van der Waals surface area contributed by atoms with Crippen LogP contribution in [0.1, 0.15) is 70.7 Å². The average Bonchev–Trinajstić information content (AvgIpc) is 3.78. The molecule has 0 atom stereocenters. The van der Waals surface area contributed by atoms with Crippen molar-refractivity contribution in [3.8, 4) is 0 Å². The number of carbonyl (C=O) groups excluding carboxylic acids is 3. The molecule has 1 saturated carbocycles. The van der Waals surface area contributed by atoms with E-state index in [1.165, 1.54) is 4.68 Å². The summed E-state index contributed by atoms with van der Waals surface area (Å²) in [5.74, 6) is -0.425. The van der Waals surface area contributed by atoms with Crippen molar-refractivity contribution in [3.63, 3.8) is 0 Å². The molecule has 1 saturated heterocycles. The quantitative estimate of drug-likeness (QED) is 0.258. The fraction of sp³-hybridized carbons (Fsp3) is 0.412. The molecule has 2 fully saturated rings. The van der Waals surface area contributed by atoms with Crippen molar-refractivity contribution in [2.75, 3.05) is 38.5 Å². The molecule has 0 unspecified atom stereocenters. The first-order valence-electron chi connectivity index (χ1n) is 15.6. The van der Waals surface area contributed by atoms with Crippen LogP contribution in [0.5, 0.6) is 0 Å². The Kier molecular flexibility index (Phi) is 9.02. The second kappa shape index (κ2) is 13.1. The van der Waals surface area contributed by atoms with Gasteiger partial charge in [-0.3, -0.25) is 14.5 Å². The van der Waals surface area contributed by atoms with Gasteiger partial charge in [-0.25, -0.2) is 4.79 Å². The van der Waals surface area contributed by atoms with Crippen LogP contribution in [-0.4, -0.2) is 76.8 Å². The van der Waals surface area contributed by atoms with Crippen molar-refractivity contribution >= 4 is 45.3 Å². The molecule has 236 valence electrons. The molecule has 1 aliphatic heterocycles. The number of ether oxygens (including phenoxy) is 1. The summed E-state index contributed by atoms with van der Waals surface area (Å²) < 4.78 is 6.92. The van der Waals surface area contributed by atoms with E-state index in [0.717, 1.165) is 80.9 Å². The first-order chi connectivity index (χ1) is 21.7. The number of amides is 2. The Morgan fingerprint density at radius 3 is 2.33 bits per heavy atom. The van der Waals surface area contributed by atoms with Gasteiger partial charge < -0.3 is 20.3 Å². The normalized spacial score (nSPS) is 16.6. The second-order valence-electron chi connectivity index (χ2n) is 12.6. The van der Waals surface area contributed by atoms with E-state index in [2.05, 4.69) is 32.6 Å². The Morgan fingerprint density at radius 1 is 0.956 bits per heavy atom. The highest BCUT2D eigenvalue weighted by Gasteiger charge is 2.29. The molecular formula is C34H40N6O4S. The third-order valence-corrected chi connectivity index (χ3v) is 9.81. The smallest absolute Gasteiger partial charge is 0.436 e. The Bertz CT molecular complexity index is 1670. The highest BCUT2D eigenvalue weighted by Crippen LogP contribution is 2.33. The first kappa shape index (κ1) is 30.9. The topological polar surface area (TPSA) is 109 Å². The summed E-state index contributed by atoms with van der Waals surface area (Å²) in [4.78, 5) is 45.7. The fourth-order valence-corrected chi connectivity index (χ4v) is 6.91. The van der Waals surface area contributed by atoms with E-state index in [1.807, 2.05) is 56.3 Å². The van der Waals surface area contributed by atoms with Crippen LogP contribution in [0, 0.1) is 0 Å². The minimum atomic E-state index is -0.629. The maximum absolute atomic E-state index is 13.5. The van der Waals surface area contributed by atoms with E-state index < -0.39 is 11.6 Å². The van der Waals surface area contributed by atoms with Crippen LogP contribution in [-0.2, 0) is 16.8 Å². The number of aromatic nitrogens is 2. The molecule has 2 aromatic carbocycles. The predicted molar refractivity (Wildman–Crippen MR) is 176 cm³/mol. The van der Waals surface area contributed by atoms with Crippen molar-refractivity contribution in [1.29, 1.82) is 0 Å². The van der Waals surface area contributed by atoms with Crippen molar-refractivity contribution < 1.29 is 19.1 Å². The van der Waals surface area contributed by atoms with Gasteiger partial charge in [0, 0.05) is 38.3 Å². The van der Waals surface area contributed by atoms with Gasteiger partial charge in [0.2, 0.25) is 0 Å². The molecule has 2 N–H and O–H groups in total. The van der Waals surface area contributed by atoms with Crippen LogP contribution in [0.4, 0.5) is 10.6 Å². The number of hydrogen-bond acceptors (Lipinski definition) is 8. The van der Waals surface area contributed by atoms with E-state index in [1.54, 1.807) is 18.2 Å². The molecule has 11 heteroatoms. The maximum atomic E-state index is 13.5.